The number of rotatable bonds is 4. The molecule has 0 aromatic heterocycles. The van der Waals surface area contributed by atoms with E-state index in [1.165, 1.54) is 6.07 Å². The summed E-state index contributed by atoms with van der Waals surface area (Å²) in [4.78, 5) is 11.6. The standard InChI is InChI=1S/C12H17NO3/c1-3-8(2)12(16)13-10-4-5-11(15)9(6-10)7-14/h4-6,8,14-15H,3,7H2,1-2H3,(H,13,16). The maximum Gasteiger partial charge on any atom is 0.227 e. The number of nitrogens with one attached hydrogen (secondary N) is 1. The molecule has 4 nitrogen and oxygen atoms in total. The molecule has 0 radical (unpaired) electrons. The number of aromatic hydroxyl groups is 1. The van der Waals surface area contributed by atoms with E-state index in [0.29, 0.717) is 11.3 Å². The largest absolute Gasteiger partial charge is 0.508 e. The first-order chi connectivity index (χ1) is 7.58. The van der Waals surface area contributed by atoms with E-state index >= 15 is 0 Å². The van der Waals surface area contributed by atoms with Crippen LogP contribution in [0.5, 0.6) is 5.75 Å². The lowest BCUT2D eigenvalue weighted by atomic mass is 10.1. The fourth-order valence-electron chi connectivity index (χ4n) is 1.24. The molecular formula is C12H17NO3. The Morgan fingerprint density at radius 3 is 2.75 bits per heavy atom. The number of carbonyl (C=O) groups excluding carboxylic acids is 1. The summed E-state index contributed by atoms with van der Waals surface area (Å²) in [7, 11) is 0. The number of anilines is 1. The monoisotopic (exact) mass is 223 g/mol. The summed E-state index contributed by atoms with van der Waals surface area (Å²) in [5.41, 5.74) is 0.995. The van der Waals surface area contributed by atoms with Crippen LogP contribution in [-0.2, 0) is 11.4 Å². The van der Waals surface area contributed by atoms with E-state index in [1.807, 2.05) is 13.8 Å². The SMILES string of the molecule is CCC(C)C(=O)Nc1ccc(O)c(CO)c1. The van der Waals surface area contributed by atoms with Crippen LogP contribution >= 0.6 is 0 Å². The molecule has 0 heterocycles. The third kappa shape index (κ3) is 2.97. The van der Waals surface area contributed by atoms with Crippen LogP contribution in [0.3, 0.4) is 0 Å². The molecule has 16 heavy (non-hydrogen) atoms. The quantitative estimate of drug-likeness (QED) is 0.682. The lowest BCUT2D eigenvalue weighted by Gasteiger charge is -2.11. The first-order valence-corrected chi connectivity index (χ1v) is 5.32. The van der Waals surface area contributed by atoms with Gasteiger partial charge in [0, 0.05) is 17.2 Å². The Labute approximate surface area is 94.9 Å². The van der Waals surface area contributed by atoms with Crippen molar-refractivity contribution >= 4 is 11.6 Å². The molecule has 1 atom stereocenters. The van der Waals surface area contributed by atoms with E-state index in [4.69, 9.17) is 5.11 Å². The van der Waals surface area contributed by atoms with Crippen molar-refractivity contribution < 1.29 is 15.0 Å². The van der Waals surface area contributed by atoms with Crippen molar-refractivity contribution in [3.8, 4) is 5.75 Å². The molecule has 1 aromatic rings. The highest BCUT2D eigenvalue weighted by Crippen LogP contribution is 2.21. The van der Waals surface area contributed by atoms with Crippen LogP contribution in [-0.4, -0.2) is 16.1 Å². The van der Waals surface area contributed by atoms with Gasteiger partial charge in [0.2, 0.25) is 5.91 Å². The number of amides is 1. The second-order valence-electron chi connectivity index (χ2n) is 3.80. The van der Waals surface area contributed by atoms with Gasteiger partial charge in [-0.05, 0) is 24.6 Å². The number of phenols is 1. The van der Waals surface area contributed by atoms with E-state index in [2.05, 4.69) is 5.32 Å². The van der Waals surface area contributed by atoms with Gasteiger partial charge in [0.25, 0.3) is 0 Å². The Bertz CT molecular complexity index is 377. The number of hydrogen-bond donors (Lipinski definition) is 3. The third-order valence-electron chi connectivity index (χ3n) is 2.58. The number of aliphatic hydroxyl groups is 1. The molecule has 4 heteroatoms. The zero-order valence-electron chi connectivity index (χ0n) is 9.53. The number of benzene rings is 1. The molecule has 1 amide bonds. The molecule has 0 aliphatic carbocycles. The maximum absolute atomic E-state index is 11.6. The van der Waals surface area contributed by atoms with Gasteiger partial charge in [0.05, 0.1) is 6.61 Å². The van der Waals surface area contributed by atoms with Crippen molar-refractivity contribution in [1.82, 2.24) is 0 Å². The predicted molar refractivity (Wildman–Crippen MR) is 62.1 cm³/mol. The average molecular weight is 223 g/mol. The molecule has 0 bridgehead atoms. The van der Waals surface area contributed by atoms with E-state index in [9.17, 15) is 9.90 Å². The van der Waals surface area contributed by atoms with E-state index < -0.39 is 0 Å². The summed E-state index contributed by atoms with van der Waals surface area (Å²) in [6, 6.07) is 4.63. The molecule has 1 rings (SSSR count). The summed E-state index contributed by atoms with van der Waals surface area (Å²) in [6.45, 7) is 3.54. The molecular weight excluding hydrogens is 206 g/mol. The van der Waals surface area contributed by atoms with E-state index in [-0.39, 0.29) is 24.2 Å². The second kappa shape index (κ2) is 5.51. The summed E-state index contributed by atoms with van der Waals surface area (Å²) in [5.74, 6) is -0.0764. The summed E-state index contributed by atoms with van der Waals surface area (Å²) < 4.78 is 0. The highest BCUT2D eigenvalue weighted by atomic mass is 16.3. The summed E-state index contributed by atoms with van der Waals surface area (Å²) >= 11 is 0. The van der Waals surface area contributed by atoms with Gasteiger partial charge in [-0.2, -0.15) is 0 Å². The minimum absolute atomic E-state index is 0.0315. The van der Waals surface area contributed by atoms with E-state index in [1.54, 1.807) is 12.1 Å². The zero-order valence-corrected chi connectivity index (χ0v) is 9.53. The fraction of sp³-hybridized carbons (Fsp3) is 0.417. The van der Waals surface area contributed by atoms with Crippen molar-refractivity contribution in [2.75, 3.05) is 5.32 Å². The minimum Gasteiger partial charge on any atom is -0.508 e. The van der Waals surface area contributed by atoms with Crippen LogP contribution in [0.2, 0.25) is 0 Å². The van der Waals surface area contributed by atoms with Gasteiger partial charge >= 0.3 is 0 Å². The van der Waals surface area contributed by atoms with Crippen LogP contribution in [0.15, 0.2) is 18.2 Å². The van der Waals surface area contributed by atoms with Gasteiger partial charge < -0.3 is 15.5 Å². The zero-order chi connectivity index (χ0) is 12.1. The summed E-state index contributed by atoms with van der Waals surface area (Å²) in [5, 5.41) is 21.0. The van der Waals surface area contributed by atoms with Gasteiger partial charge in [-0.15, -0.1) is 0 Å². The summed E-state index contributed by atoms with van der Waals surface area (Å²) in [6.07, 6.45) is 0.775. The van der Waals surface area contributed by atoms with Gasteiger partial charge in [-0.25, -0.2) is 0 Å². The predicted octanol–water partition coefficient (Wildman–Crippen LogP) is 1.87. The molecule has 0 aliphatic rings. The van der Waals surface area contributed by atoms with Gasteiger partial charge in [0.15, 0.2) is 0 Å². The Morgan fingerprint density at radius 2 is 2.19 bits per heavy atom. The molecule has 0 saturated heterocycles. The lowest BCUT2D eigenvalue weighted by molar-refractivity contribution is -0.119. The first-order valence-electron chi connectivity index (χ1n) is 5.32. The van der Waals surface area contributed by atoms with Gasteiger partial charge in [-0.1, -0.05) is 13.8 Å². The Morgan fingerprint density at radius 1 is 1.50 bits per heavy atom. The smallest absolute Gasteiger partial charge is 0.227 e. The number of carbonyl (C=O) groups is 1. The van der Waals surface area contributed by atoms with Crippen molar-refractivity contribution in [2.45, 2.75) is 26.9 Å². The van der Waals surface area contributed by atoms with Crippen LogP contribution in [0.25, 0.3) is 0 Å². The number of hydrogen-bond acceptors (Lipinski definition) is 3. The first kappa shape index (κ1) is 12.5. The Hall–Kier alpha value is -1.55. The van der Waals surface area contributed by atoms with Crippen LogP contribution in [0, 0.1) is 5.92 Å². The third-order valence-corrected chi connectivity index (χ3v) is 2.58. The molecule has 0 saturated carbocycles. The highest BCUT2D eigenvalue weighted by molar-refractivity contribution is 5.92. The molecule has 0 fully saturated rings. The second-order valence-corrected chi connectivity index (χ2v) is 3.80. The average Bonchev–Trinajstić information content (AvgIpc) is 2.30. The molecule has 1 unspecified atom stereocenters. The topological polar surface area (TPSA) is 69.6 Å². The minimum atomic E-state index is -0.251. The van der Waals surface area contributed by atoms with Crippen LogP contribution < -0.4 is 5.32 Å². The molecule has 0 aliphatic heterocycles. The Balaban J connectivity index is 2.78. The van der Waals surface area contributed by atoms with Gasteiger partial charge in [-0.3, -0.25) is 4.79 Å². The van der Waals surface area contributed by atoms with Crippen LogP contribution in [0.4, 0.5) is 5.69 Å². The lowest BCUT2D eigenvalue weighted by Crippen LogP contribution is -2.19. The van der Waals surface area contributed by atoms with Crippen molar-refractivity contribution in [1.29, 1.82) is 0 Å². The highest BCUT2D eigenvalue weighted by Gasteiger charge is 2.11. The normalized spacial score (nSPS) is 12.2. The Kier molecular flexibility index (Phi) is 4.31. The molecule has 1 aromatic carbocycles. The van der Waals surface area contributed by atoms with E-state index in [0.717, 1.165) is 6.42 Å². The molecule has 3 N–H and O–H groups in total. The number of aliphatic hydroxyl groups excluding tert-OH is 1. The van der Waals surface area contributed by atoms with Crippen LogP contribution in [0.1, 0.15) is 25.8 Å². The molecule has 88 valence electrons. The van der Waals surface area contributed by atoms with Gasteiger partial charge in [0.1, 0.15) is 5.75 Å². The fourth-order valence-corrected chi connectivity index (χ4v) is 1.24. The molecule has 0 spiro atoms. The van der Waals surface area contributed by atoms with Crippen molar-refractivity contribution in [2.24, 2.45) is 5.92 Å². The van der Waals surface area contributed by atoms with Crippen molar-refractivity contribution in [3.05, 3.63) is 23.8 Å². The maximum atomic E-state index is 11.6. The van der Waals surface area contributed by atoms with Crippen molar-refractivity contribution in [3.63, 3.8) is 0 Å².